The van der Waals surface area contributed by atoms with E-state index in [4.69, 9.17) is 5.53 Å². The van der Waals surface area contributed by atoms with Crippen LogP contribution in [0.4, 0.5) is 0 Å². The molecule has 0 saturated carbocycles. The van der Waals surface area contributed by atoms with Gasteiger partial charge in [-0.1, -0.05) is 11.2 Å². The maximum absolute atomic E-state index is 8.01. The smallest absolute Gasteiger partial charge is 0.0816 e. The van der Waals surface area contributed by atoms with Crippen molar-refractivity contribution in [3.63, 3.8) is 0 Å². The highest BCUT2D eigenvalue weighted by molar-refractivity contribution is 6.09. The maximum atomic E-state index is 8.01. The summed E-state index contributed by atoms with van der Waals surface area (Å²) in [5.41, 5.74) is 9.58. The molecule has 0 bridgehead atoms. The van der Waals surface area contributed by atoms with E-state index in [1.165, 1.54) is 0 Å². The maximum Gasteiger partial charge on any atom is 0.0816 e. The highest BCUT2D eigenvalue weighted by Crippen LogP contribution is 2.10. The van der Waals surface area contributed by atoms with Crippen LogP contribution in [-0.4, -0.2) is 12.3 Å². The number of hydrogen-bond donors (Lipinski definition) is 0. The summed E-state index contributed by atoms with van der Waals surface area (Å²) in [6.45, 7) is 2.56. The summed E-state index contributed by atoms with van der Waals surface area (Å²) in [5, 5.41) is 3.42. The molecule has 0 N–H and O–H groups in total. The molecule has 0 radical (unpaired) electrons. The lowest BCUT2D eigenvalue weighted by molar-refractivity contribution is 1.40. The fourth-order valence-electron chi connectivity index (χ4n) is 0.532. The Morgan fingerprint density at radius 2 is 2.67 bits per heavy atom. The Morgan fingerprint density at radius 3 is 3.00 bits per heavy atom. The fourth-order valence-corrected chi connectivity index (χ4v) is 0.532. The molecule has 0 aromatic carbocycles. The molecule has 0 aromatic heterocycles. The number of nitrogens with zero attached hydrogens (tertiary/aromatic N) is 4. The van der Waals surface area contributed by atoms with E-state index in [0.717, 1.165) is 12.3 Å². The summed E-state index contributed by atoms with van der Waals surface area (Å²) in [6.07, 6.45) is 1.76. The minimum Gasteiger partial charge on any atom is -0.281 e. The van der Waals surface area contributed by atoms with Crippen LogP contribution in [0.1, 0.15) is 6.92 Å². The molecular weight excluding hydrogens is 116 g/mol. The van der Waals surface area contributed by atoms with Crippen LogP contribution in [-0.2, 0) is 0 Å². The Hall–Kier alpha value is -1.28. The van der Waals surface area contributed by atoms with Gasteiger partial charge in [-0.3, -0.25) is 4.99 Å². The van der Waals surface area contributed by atoms with Crippen molar-refractivity contribution in [3.8, 4) is 0 Å². The zero-order valence-electron chi connectivity index (χ0n) is 5.07. The lowest BCUT2D eigenvalue weighted by Crippen LogP contribution is -1.83. The van der Waals surface area contributed by atoms with Gasteiger partial charge in [0.05, 0.1) is 18.0 Å². The summed E-state index contributed by atoms with van der Waals surface area (Å²) in [7, 11) is 0. The summed E-state index contributed by atoms with van der Waals surface area (Å²) < 4.78 is 0. The molecule has 0 amide bonds. The van der Waals surface area contributed by atoms with E-state index in [0.29, 0.717) is 5.70 Å². The van der Waals surface area contributed by atoms with Crippen molar-refractivity contribution in [3.05, 3.63) is 22.2 Å². The van der Waals surface area contributed by atoms with Crippen LogP contribution in [0.25, 0.3) is 10.4 Å². The predicted molar refractivity (Wildman–Crippen MR) is 35.2 cm³/mol. The van der Waals surface area contributed by atoms with Gasteiger partial charge >= 0.3 is 0 Å². The first-order valence-electron chi connectivity index (χ1n) is 2.63. The van der Waals surface area contributed by atoms with Crippen molar-refractivity contribution in [2.45, 2.75) is 6.92 Å². The molecule has 0 fully saturated rings. The van der Waals surface area contributed by atoms with Crippen LogP contribution in [0.3, 0.4) is 0 Å². The molecule has 46 valence electrons. The van der Waals surface area contributed by atoms with Crippen molar-refractivity contribution in [2.24, 2.45) is 10.1 Å². The van der Waals surface area contributed by atoms with E-state index in [-0.39, 0.29) is 0 Å². The summed E-state index contributed by atoms with van der Waals surface area (Å²) in [6, 6.07) is 0. The van der Waals surface area contributed by atoms with Crippen LogP contribution < -0.4 is 0 Å². The standard InChI is InChI=1S/C5H6N4/c1-2-4(8-9-6)5-3-7-5/h2H,3H2,1H3/b4-2+. The van der Waals surface area contributed by atoms with Crippen molar-refractivity contribution in [1.82, 2.24) is 0 Å². The molecule has 0 aliphatic carbocycles. The van der Waals surface area contributed by atoms with Gasteiger partial charge in [-0.2, -0.15) is 0 Å². The summed E-state index contributed by atoms with van der Waals surface area (Å²) in [5.74, 6) is 0. The largest absolute Gasteiger partial charge is 0.281 e. The summed E-state index contributed by atoms with van der Waals surface area (Å²) in [4.78, 5) is 6.52. The molecule has 0 atom stereocenters. The first kappa shape index (κ1) is 5.85. The average molecular weight is 122 g/mol. The van der Waals surface area contributed by atoms with E-state index in [1.807, 2.05) is 6.92 Å². The first-order chi connectivity index (χ1) is 4.38. The zero-order valence-corrected chi connectivity index (χ0v) is 5.07. The quantitative estimate of drug-likeness (QED) is 0.304. The van der Waals surface area contributed by atoms with E-state index < -0.39 is 0 Å². The third-order valence-electron chi connectivity index (χ3n) is 1.04. The third kappa shape index (κ3) is 1.30. The lowest BCUT2D eigenvalue weighted by atomic mass is 10.3. The van der Waals surface area contributed by atoms with E-state index >= 15 is 0 Å². The molecule has 0 saturated heterocycles. The van der Waals surface area contributed by atoms with Gasteiger partial charge in [-0.15, -0.1) is 0 Å². The molecule has 1 rings (SSSR count). The molecule has 1 aliphatic heterocycles. The Kier molecular flexibility index (Phi) is 1.51. The van der Waals surface area contributed by atoms with Gasteiger partial charge < -0.3 is 0 Å². The molecule has 4 nitrogen and oxygen atoms in total. The number of rotatable bonds is 2. The highest BCUT2D eigenvalue weighted by atomic mass is 15.2. The predicted octanol–water partition coefficient (Wildman–Crippen LogP) is 1.66. The van der Waals surface area contributed by atoms with Crippen molar-refractivity contribution in [2.75, 3.05) is 6.54 Å². The van der Waals surface area contributed by atoms with Gasteiger partial charge in [0.1, 0.15) is 0 Å². The molecule has 4 heteroatoms. The van der Waals surface area contributed by atoms with Gasteiger partial charge in [-0.25, -0.2) is 0 Å². The molecule has 1 aliphatic rings. The normalized spacial score (nSPS) is 16.1. The molecule has 0 spiro atoms. The SMILES string of the molecule is C/C=C(/N=[N+]=[N-])C1=NC1. The average Bonchev–Trinajstić information content (AvgIpc) is 2.64. The van der Waals surface area contributed by atoms with Crippen molar-refractivity contribution >= 4 is 5.71 Å². The molecular formula is C5H6N4. The van der Waals surface area contributed by atoms with Gasteiger partial charge in [0.15, 0.2) is 0 Å². The van der Waals surface area contributed by atoms with E-state index in [2.05, 4.69) is 15.0 Å². The minimum absolute atomic E-state index is 0.664. The zero-order chi connectivity index (χ0) is 6.69. The number of allylic oxidation sites excluding steroid dienone is 1. The van der Waals surface area contributed by atoms with Gasteiger partial charge in [0.25, 0.3) is 0 Å². The van der Waals surface area contributed by atoms with Crippen LogP contribution in [0, 0.1) is 0 Å². The highest BCUT2D eigenvalue weighted by Gasteiger charge is 2.12. The second-order valence-corrected chi connectivity index (χ2v) is 1.63. The Bertz CT molecular complexity index is 215. The van der Waals surface area contributed by atoms with Gasteiger partial charge in [0.2, 0.25) is 0 Å². The van der Waals surface area contributed by atoms with Gasteiger partial charge in [-0.05, 0) is 12.5 Å². The van der Waals surface area contributed by atoms with Crippen molar-refractivity contribution in [1.29, 1.82) is 0 Å². The summed E-state index contributed by atoms with van der Waals surface area (Å²) >= 11 is 0. The Balaban J connectivity index is 2.71. The fraction of sp³-hybridized carbons (Fsp3) is 0.400. The topological polar surface area (TPSA) is 61.1 Å². The first-order valence-corrected chi connectivity index (χ1v) is 2.63. The number of hydrogen-bond acceptors (Lipinski definition) is 2. The molecule has 0 aromatic rings. The second kappa shape index (κ2) is 2.33. The Labute approximate surface area is 52.5 Å². The van der Waals surface area contributed by atoms with Crippen LogP contribution in [0.5, 0.6) is 0 Å². The number of aliphatic imine (C=N–C) groups is 1. The third-order valence-corrected chi connectivity index (χ3v) is 1.04. The number of azide groups is 1. The molecule has 9 heavy (non-hydrogen) atoms. The van der Waals surface area contributed by atoms with Crippen LogP contribution >= 0.6 is 0 Å². The Morgan fingerprint density at radius 1 is 2.00 bits per heavy atom. The molecule has 0 unspecified atom stereocenters. The van der Waals surface area contributed by atoms with E-state index in [1.54, 1.807) is 6.08 Å². The van der Waals surface area contributed by atoms with E-state index in [9.17, 15) is 0 Å². The van der Waals surface area contributed by atoms with Crippen molar-refractivity contribution < 1.29 is 0 Å². The molecule has 1 heterocycles. The van der Waals surface area contributed by atoms with Gasteiger partial charge in [0, 0.05) is 4.91 Å². The minimum atomic E-state index is 0.664. The monoisotopic (exact) mass is 122 g/mol. The van der Waals surface area contributed by atoms with Crippen LogP contribution in [0.15, 0.2) is 21.9 Å². The van der Waals surface area contributed by atoms with Crippen LogP contribution in [0.2, 0.25) is 0 Å². The lowest BCUT2D eigenvalue weighted by Gasteiger charge is -1.82. The second-order valence-electron chi connectivity index (χ2n) is 1.63.